The molecule has 0 saturated carbocycles. The quantitative estimate of drug-likeness (QED) is 0.472. The summed E-state index contributed by atoms with van der Waals surface area (Å²) in [6.45, 7) is -0.845. The van der Waals surface area contributed by atoms with Gasteiger partial charge in [0.25, 0.3) is 0 Å². The first kappa shape index (κ1) is 20.2. The molecule has 0 aromatic heterocycles. The van der Waals surface area contributed by atoms with Crippen molar-refractivity contribution >= 4 is 0 Å². The molecule has 0 bridgehead atoms. The number of rotatable bonds is 7. The highest BCUT2D eigenvalue weighted by molar-refractivity contribution is 5.56. The molecule has 8 heteroatoms. The number of aliphatic hydroxyl groups is 4. The van der Waals surface area contributed by atoms with Crippen molar-refractivity contribution in [1.82, 2.24) is 0 Å². The van der Waals surface area contributed by atoms with Crippen LogP contribution in [0.15, 0.2) is 30.3 Å². The molecule has 0 aliphatic carbocycles. The van der Waals surface area contributed by atoms with Crippen LogP contribution in [0.5, 0.6) is 23.0 Å². The summed E-state index contributed by atoms with van der Waals surface area (Å²) in [6, 6.07) is 7.94. The van der Waals surface area contributed by atoms with Gasteiger partial charge in [-0.15, -0.1) is 0 Å². The van der Waals surface area contributed by atoms with Crippen molar-refractivity contribution in [3.8, 4) is 23.0 Å². The molecule has 3 rings (SSSR count). The molecule has 28 heavy (non-hydrogen) atoms. The molecule has 0 radical (unpaired) electrons. The van der Waals surface area contributed by atoms with Crippen molar-refractivity contribution in [1.29, 1.82) is 0 Å². The maximum absolute atomic E-state index is 10.3. The lowest BCUT2D eigenvalue weighted by Crippen LogP contribution is -2.22. The Kier molecular flexibility index (Phi) is 5.95. The minimum absolute atomic E-state index is 0.0108. The minimum atomic E-state index is -1.35. The number of fused-ring (bicyclic) bond motifs is 1. The number of hydrogen-bond donors (Lipinski definition) is 5. The first-order chi connectivity index (χ1) is 13.4. The smallest absolute Gasteiger partial charge is 0.165 e. The Morgan fingerprint density at radius 1 is 1.04 bits per heavy atom. The maximum atomic E-state index is 10.3. The van der Waals surface area contributed by atoms with Gasteiger partial charge in [-0.2, -0.15) is 0 Å². The summed E-state index contributed by atoms with van der Waals surface area (Å²) in [5, 5.41) is 49.0. The Morgan fingerprint density at radius 2 is 1.75 bits per heavy atom. The molecule has 3 unspecified atom stereocenters. The average molecular weight is 392 g/mol. The average Bonchev–Trinajstić information content (AvgIpc) is 3.10. The van der Waals surface area contributed by atoms with E-state index in [4.69, 9.17) is 19.3 Å². The van der Waals surface area contributed by atoms with Gasteiger partial charge in [-0.3, -0.25) is 0 Å². The predicted molar refractivity (Wildman–Crippen MR) is 98.9 cm³/mol. The van der Waals surface area contributed by atoms with Crippen LogP contribution in [0.4, 0.5) is 0 Å². The summed E-state index contributed by atoms with van der Waals surface area (Å²) in [6.07, 6.45) is -3.25. The largest absolute Gasteiger partial charge is 0.504 e. The molecular weight excluding hydrogens is 368 g/mol. The number of ether oxygens (including phenoxy) is 3. The molecule has 0 fully saturated rings. The number of phenols is 1. The van der Waals surface area contributed by atoms with E-state index in [9.17, 15) is 20.4 Å². The van der Waals surface area contributed by atoms with Crippen LogP contribution in [-0.2, 0) is 0 Å². The van der Waals surface area contributed by atoms with Crippen molar-refractivity contribution < 1.29 is 39.7 Å². The Labute approximate surface area is 162 Å². The molecule has 4 atom stereocenters. The first-order valence-electron chi connectivity index (χ1n) is 8.78. The van der Waals surface area contributed by atoms with Gasteiger partial charge in [0, 0.05) is 5.56 Å². The molecule has 2 aromatic carbocycles. The predicted octanol–water partition coefficient (Wildman–Crippen LogP) is 1.01. The van der Waals surface area contributed by atoms with Crippen molar-refractivity contribution in [2.45, 2.75) is 24.2 Å². The van der Waals surface area contributed by atoms with Gasteiger partial charge >= 0.3 is 0 Å². The lowest BCUT2D eigenvalue weighted by molar-refractivity contribution is -0.0153. The summed E-state index contributed by atoms with van der Waals surface area (Å²) in [7, 11) is 2.89. The van der Waals surface area contributed by atoms with E-state index >= 15 is 0 Å². The summed E-state index contributed by atoms with van der Waals surface area (Å²) in [4.78, 5) is 0. The topological polar surface area (TPSA) is 129 Å². The number of phenolic OH excluding ortho intramolecular Hbond substituents is 1. The van der Waals surface area contributed by atoms with E-state index in [-0.39, 0.29) is 18.1 Å². The lowest BCUT2D eigenvalue weighted by Gasteiger charge is -2.19. The number of methoxy groups -OCH3 is 2. The van der Waals surface area contributed by atoms with E-state index in [0.29, 0.717) is 28.2 Å². The maximum Gasteiger partial charge on any atom is 0.165 e. The van der Waals surface area contributed by atoms with Crippen molar-refractivity contribution in [3.63, 3.8) is 0 Å². The van der Waals surface area contributed by atoms with Crippen molar-refractivity contribution in [3.05, 3.63) is 47.0 Å². The molecule has 1 aliphatic rings. The second-order valence-electron chi connectivity index (χ2n) is 6.60. The van der Waals surface area contributed by atoms with E-state index in [2.05, 4.69) is 0 Å². The van der Waals surface area contributed by atoms with E-state index in [1.807, 2.05) is 0 Å². The van der Waals surface area contributed by atoms with Crippen molar-refractivity contribution in [2.24, 2.45) is 0 Å². The Bertz CT molecular complexity index is 837. The Morgan fingerprint density at radius 3 is 2.36 bits per heavy atom. The van der Waals surface area contributed by atoms with E-state index in [1.165, 1.54) is 26.4 Å². The van der Waals surface area contributed by atoms with Gasteiger partial charge in [0.15, 0.2) is 23.0 Å². The fourth-order valence-corrected chi connectivity index (χ4v) is 3.43. The van der Waals surface area contributed by atoms with Gasteiger partial charge < -0.3 is 39.7 Å². The molecule has 1 aliphatic heterocycles. The standard InChI is InChI=1S/C20H24O8/c1-26-16-6-10(3-4-14(16)23)19-13(8-21)12-5-11(18(25)15(24)9-22)7-17(27-2)20(12)28-19/h3-7,13,15,18-19,21-25H,8-9H2,1-2H3/t13-,15?,18?,19?/m0/s1. The molecular formula is C20H24O8. The van der Waals surface area contributed by atoms with Gasteiger partial charge in [-0.05, 0) is 35.4 Å². The number of hydrogen-bond acceptors (Lipinski definition) is 8. The third-order valence-corrected chi connectivity index (χ3v) is 4.96. The van der Waals surface area contributed by atoms with Crippen LogP contribution in [-0.4, -0.2) is 59.1 Å². The normalized spacial score (nSPS) is 20.2. The van der Waals surface area contributed by atoms with Gasteiger partial charge in [-0.25, -0.2) is 0 Å². The number of aliphatic hydroxyl groups excluding tert-OH is 4. The third-order valence-electron chi connectivity index (χ3n) is 4.96. The molecule has 2 aromatic rings. The van der Waals surface area contributed by atoms with Gasteiger partial charge in [0.05, 0.1) is 33.4 Å². The highest BCUT2D eigenvalue weighted by Crippen LogP contribution is 2.52. The van der Waals surface area contributed by atoms with Gasteiger partial charge in [-0.1, -0.05) is 6.07 Å². The van der Waals surface area contributed by atoms with E-state index < -0.39 is 30.8 Å². The van der Waals surface area contributed by atoms with Gasteiger partial charge in [0.2, 0.25) is 0 Å². The monoisotopic (exact) mass is 392 g/mol. The summed E-state index contributed by atoms with van der Waals surface area (Å²) in [5.41, 5.74) is 1.63. The van der Waals surface area contributed by atoms with Crippen LogP contribution in [0.25, 0.3) is 0 Å². The third kappa shape index (κ3) is 3.47. The molecule has 5 N–H and O–H groups in total. The second-order valence-corrected chi connectivity index (χ2v) is 6.60. The van der Waals surface area contributed by atoms with E-state index in [1.54, 1.807) is 18.2 Å². The fourth-order valence-electron chi connectivity index (χ4n) is 3.43. The molecule has 152 valence electrons. The zero-order valence-electron chi connectivity index (χ0n) is 15.6. The zero-order chi connectivity index (χ0) is 20.4. The van der Waals surface area contributed by atoms with Crippen LogP contribution >= 0.6 is 0 Å². The van der Waals surface area contributed by atoms with Crippen LogP contribution < -0.4 is 14.2 Å². The highest BCUT2D eigenvalue weighted by atomic mass is 16.5. The zero-order valence-corrected chi connectivity index (χ0v) is 15.6. The van der Waals surface area contributed by atoms with Crippen LogP contribution in [0.2, 0.25) is 0 Å². The number of benzene rings is 2. The van der Waals surface area contributed by atoms with E-state index in [0.717, 1.165) is 0 Å². The Balaban J connectivity index is 2.04. The first-order valence-corrected chi connectivity index (χ1v) is 8.78. The molecule has 0 amide bonds. The van der Waals surface area contributed by atoms with Crippen LogP contribution in [0, 0.1) is 0 Å². The number of aromatic hydroxyl groups is 1. The minimum Gasteiger partial charge on any atom is -0.504 e. The second kappa shape index (κ2) is 8.24. The molecule has 0 saturated heterocycles. The fraction of sp³-hybridized carbons (Fsp3) is 0.400. The highest BCUT2D eigenvalue weighted by Gasteiger charge is 2.38. The lowest BCUT2D eigenvalue weighted by atomic mass is 9.89. The van der Waals surface area contributed by atoms with Crippen LogP contribution in [0.1, 0.15) is 34.8 Å². The van der Waals surface area contributed by atoms with Crippen LogP contribution in [0.3, 0.4) is 0 Å². The summed E-state index contributed by atoms with van der Waals surface area (Å²) >= 11 is 0. The van der Waals surface area contributed by atoms with Gasteiger partial charge in [0.1, 0.15) is 18.3 Å². The van der Waals surface area contributed by atoms with Crippen molar-refractivity contribution in [2.75, 3.05) is 27.4 Å². The Hall–Kier alpha value is -2.52. The SMILES string of the molecule is COc1cc(C2Oc3c(OC)cc(C(O)C(O)CO)cc3[C@@H]2CO)ccc1O. The molecule has 0 spiro atoms. The molecule has 1 heterocycles. The molecule has 8 nitrogen and oxygen atoms in total. The summed E-state index contributed by atoms with van der Waals surface area (Å²) < 4.78 is 16.6. The summed E-state index contributed by atoms with van der Waals surface area (Å²) in [5.74, 6) is 0.555.